The largest absolute Gasteiger partial charge is 0.467 e. The normalized spacial score (nSPS) is 20.6. The highest BCUT2D eigenvalue weighted by Gasteiger charge is 2.14. The van der Waals surface area contributed by atoms with Crippen molar-refractivity contribution in [2.45, 2.75) is 38.2 Å². The first-order valence-electron chi connectivity index (χ1n) is 6.30. The average molecular weight is 223 g/mol. The molecule has 0 bridgehead atoms. The van der Waals surface area contributed by atoms with Crippen LogP contribution in [0.4, 0.5) is 0 Å². The van der Waals surface area contributed by atoms with E-state index in [2.05, 4.69) is 4.90 Å². The lowest BCUT2D eigenvalue weighted by Crippen LogP contribution is -2.26. The second-order valence-electron chi connectivity index (χ2n) is 4.58. The van der Waals surface area contributed by atoms with E-state index in [4.69, 9.17) is 4.42 Å². The Kier molecular flexibility index (Phi) is 4.43. The van der Waals surface area contributed by atoms with E-state index in [9.17, 15) is 5.11 Å². The van der Waals surface area contributed by atoms with Crippen LogP contribution in [0.2, 0.25) is 0 Å². The van der Waals surface area contributed by atoms with Gasteiger partial charge in [0.1, 0.15) is 11.9 Å². The number of aliphatic hydroxyl groups is 1. The number of furan rings is 1. The van der Waals surface area contributed by atoms with Crippen LogP contribution >= 0.6 is 0 Å². The Hall–Kier alpha value is -0.800. The first-order valence-corrected chi connectivity index (χ1v) is 6.30. The predicted molar refractivity (Wildman–Crippen MR) is 63.2 cm³/mol. The third-order valence-corrected chi connectivity index (χ3v) is 3.29. The van der Waals surface area contributed by atoms with Gasteiger partial charge in [0, 0.05) is 6.54 Å². The van der Waals surface area contributed by atoms with Crippen LogP contribution in [-0.4, -0.2) is 29.6 Å². The maximum atomic E-state index is 9.89. The summed E-state index contributed by atoms with van der Waals surface area (Å²) in [5.74, 6) is 0.690. The summed E-state index contributed by atoms with van der Waals surface area (Å²) in [7, 11) is 0. The highest BCUT2D eigenvalue weighted by molar-refractivity contribution is 5.01. The number of hydrogen-bond donors (Lipinski definition) is 1. The molecule has 3 heteroatoms. The van der Waals surface area contributed by atoms with E-state index >= 15 is 0 Å². The minimum absolute atomic E-state index is 0.446. The first-order chi connectivity index (χ1) is 7.86. The smallest absolute Gasteiger partial charge is 0.132 e. The molecule has 2 rings (SSSR count). The van der Waals surface area contributed by atoms with E-state index in [-0.39, 0.29) is 0 Å². The van der Waals surface area contributed by atoms with Gasteiger partial charge in [-0.3, -0.25) is 0 Å². The zero-order valence-corrected chi connectivity index (χ0v) is 9.77. The van der Waals surface area contributed by atoms with Crippen LogP contribution in [0, 0.1) is 0 Å². The number of hydrogen-bond acceptors (Lipinski definition) is 3. The standard InChI is InChI=1S/C13H21NO2/c15-12(13-6-5-11-16-13)7-10-14-8-3-1-2-4-9-14/h5-6,11-12,15H,1-4,7-10H2. The van der Waals surface area contributed by atoms with E-state index in [1.54, 1.807) is 6.26 Å². The quantitative estimate of drug-likeness (QED) is 0.852. The van der Waals surface area contributed by atoms with Crippen LogP contribution in [-0.2, 0) is 0 Å². The molecule has 1 aliphatic heterocycles. The highest BCUT2D eigenvalue weighted by atomic mass is 16.4. The molecule has 1 atom stereocenters. The van der Waals surface area contributed by atoms with Crippen LogP contribution in [0.25, 0.3) is 0 Å². The van der Waals surface area contributed by atoms with Gasteiger partial charge in [0.05, 0.1) is 6.26 Å². The highest BCUT2D eigenvalue weighted by Crippen LogP contribution is 2.18. The molecule has 16 heavy (non-hydrogen) atoms. The van der Waals surface area contributed by atoms with Crippen LogP contribution in [0.3, 0.4) is 0 Å². The molecule has 0 spiro atoms. The molecule has 90 valence electrons. The van der Waals surface area contributed by atoms with Crippen molar-refractivity contribution in [3.05, 3.63) is 24.2 Å². The lowest BCUT2D eigenvalue weighted by atomic mass is 10.2. The molecule has 2 heterocycles. The molecule has 0 saturated carbocycles. The minimum atomic E-state index is -0.446. The Morgan fingerprint density at radius 2 is 2.00 bits per heavy atom. The first kappa shape index (κ1) is 11.7. The zero-order chi connectivity index (χ0) is 11.2. The number of nitrogens with zero attached hydrogens (tertiary/aromatic N) is 1. The predicted octanol–water partition coefficient (Wildman–Crippen LogP) is 2.58. The van der Waals surface area contributed by atoms with Gasteiger partial charge in [-0.25, -0.2) is 0 Å². The molecular formula is C13H21NO2. The topological polar surface area (TPSA) is 36.6 Å². The molecule has 0 amide bonds. The molecule has 1 aromatic heterocycles. The van der Waals surface area contributed by atoms with Crippen molar-refractivity contribution >= 4 is 0 Å². The van der Waals surface area contributed by atoms with E-state index in [0.717, 1.165) is 13.0 Å². The van der Waals surface area contributed by atoms with Crippen molar-refractivity contribution in [1.29, 1.82) is 0 Å². The monoisotopic (exact) mass is 223 g/mol. The molecule has 1 aromatic rings. The Morgan fingerprint density at radius 1 is 1.25 bits per heavy atom. The summed E-state index contributed by atoms with van der Waals surface area (Å²) < 4.78 is 5.19. The summed E-state index contributed by atoms with van der Waals surface area (Å²) in [6, 6.07) is 3.66. The maximum absolute atomic E-state index is 9.89. The van der Waals surface area contributed by atoms with Crippen molar-refractivity contribution in [3.63, 3.8) is 0 Å². The van der Waals surface area contributed by atoms with Gasteiger partial charge in [0.25, 0.3) is 0 Å². The minimum Gasteiger partial charge on any atom is -0.467 e. The van der Waals surface area contributed by atoms with Gasteiger partial charge in [-0.05, 0) is 44.5 Å². The van der Waals surface area contributed by atoms with E-state index in [1.807, 2.05) is 12.1 Å². The van der Waals surface area contributed by atoms with Crippen molar-refractivity contribution in [2.75, 3.05) is 19.6 Å². The van der Waals surface area contributed by atoms with Crippen molar-refractivity contribution in [3.8, 4) is 0 Å². The molecule has 1 fully saturated rings. The van der Waals surface area contributed by atoms with E-state index in [0.29, 0.717) is 5.76 Å². The number of likely N-dealkylation sites (tertiary alicyclic amines) is 1. The van der Waals surface area contributed by atoms with Gasteiger partial charge in [0.15, 0.2) is 0 Å². The summed E-state index contributed by atoms with van der Waals surface area (Å²) in [5.41, 5.74) is 0. The second kappa shape index (κ2) is 6.06. The number of rotatable bonds is 4. The summed E-state index contributed by atoms with van der Waals surface area (Å²) in [4.78, 5) is 2.46. The maximum Gasteiger partial charge on any atom is 0.132 e. The van der Waals surface area contributed by atoms with Crippen LogP contribution in [0.5, 0.6) is 0 Å². The lowest BCUT2D eigenvalue weighted by molar-refractivity contribution is 0.121. The Labute approximate surface area is 97.1 Å². The molecular weight excluding hydrogens is 202 g/mol. The molecule has 1 N–H and O–H groups in total. The summed E-state index contributed by atoms with van der Waals surface area (Å²) in [6.07, 6.45) is 7.26. The molecule has 0 radical (unpaired) electrons. The van der Waals surface area contributed by atoms with Crippen LogP contribution < -0.4 is 0 Å². The van der Waals surface area contributed by atoms with Crippen molar-refractivity contribution in [2.24, 2.45) is 0 Å². The molecule has 0 aromatic carbocycles. The van der Waals surface area contributed by atoms with E-state index in [1.165, 1.54) is 38.8 Å². The Balaban J connectivity index is 1.73. The van der Waals surface area contributed by atoms with Gasteiger partial charge < -0.3 is 14.4 Å². The Bertz CT molecular complexity index is 276. The molecule has 1 unspecified atom stereocenters. The molecule has 1 saturated heterocycles. The fourth-order valence-electron chi connectivity index (χ4n) is 2.29. The third kappa shape index (κ3) is 3.35. The fourth-order valence-corrected chi connectivity index (χ4v) is 2.29. The summed E-state index contributed by atoms with van der Waals surface area (Å²) in [5, 5.41) is 9.89. The SMILES string of the molecule is OC(CCN1CCCCCC1)c1ccco1. The fraction of sp³-hybridized carbons (Fsp3) is 0.692. The van der Waals surface area contributed by atoms with Crippen LogP contribution in [0.1, 0.15) is 44.0 Å². The summed E-state index contributed by atoms with van der Waals surface area (Å²) in [6.45, 7) is 3.34. The van der Waals surface area contributed by atoms with E-state index < -0.39 is 6.10 Å². The van der Waals surface area contributed by atoms with Gasteiger partial charge in [-0.1, -0.05) is 12.8 Å². The van der Waals surface area contributed by atoms with Crippen molar-refractivity contribution < 1.29 is 9.52 Å². The zero-order valence-electron chi connectivity index (χ0n) is 9.77. The van der Waals surface area contributed by atoms with Gasteiger partial charge >= 0.3 is 0 Å². The summed E-state index contributed by atoms with van der Waals surface area (Å²) >= 11 is 0. The third-order valence-electron chi connectivity index (χ3n) is 3.29. The van der Waals surface area contributed by atoms with Crippen molar-refractivity contribution in [1.82, 2.24) is 4.90 Å². The van der Waals surface area contributed by atoms with Gasteiger partial charge in [0.2, 0.25) is 0 Å². The van der Waals surface area contributed by atoms with Gasteiger partial charge in [-0.2, -0.15) is 0 Å². The molecule has 0 aliphatic carbocycles. The molecule has 3 nitrogen and oxygen atoms in total. The average Bonchev–Trinajstić information content (AvgIpc) is 2.71. The van der Waals surface area contributed by atoms with Crippen LogP contribution in [0.15, 0.2) is 22.8 Å². The number of aliphatic hydroxyl groups excluding tert-OH is 1. The Morgan fingerprint density at radius 3 is 2.62 bits per heavy atom. The van der Waals surface area contributed by atoms with Gasteiger partial charge in [-0.15, -0.1) is 0 Å². The molecule has 1 aliphatic rings. The second-order valence-corrected chi connectivity index (χ2v) is 4.58. The lowest BCUT2D eigenvalue weighted by Gasteiger charge is -2.20.